The maximum Gasteiger partial charge on any atom is 0.519 e. The fraction of sp³-hybridized carbons (Fsp3) is 0.500. The van der Waals surface area contributed by atoms with Gasteiger partial charge in [-0.2, -0.15) is 0 Å². The van der Waals surface area contributed by atoms with Crippen LogP contribution in [0.25, 0.3) is 22.3 Å². The first-order valence-corrected chi connectivity index (χ1v) is 7.66. The van der Waals surface area contributed by atoms with E-state index in [1.807, 2.05) is 0 Å². The van der Waals surface area contributed by atoms with Crippen molar-refractivity contribution >= 4 is 22.3 Å². The highest BCUT2D eigenvalue weighted by Gasteiger charge is 2.24. The molecule has 0 fully saturated rings. The Morgan fingerprint density at radius 2 is 1.00 bits per heavy atom. The van der Waals surface area contributed by atoms with E-state index in [0.717, 1.165) is 49.7 Å². The summed E-state index contributed by atoms with van der Waals surface area (Å²) in [5.74, 6) is -1.60. The topological polar surface area (TPSA) is 86.7 Å². The third-order valence-electron chi connectivity index (χ3n) is 3.83. The van der Waals surface area contributed by atoms with Gasteiger partial charge in [-0.3, -0.25) is 0 Å². The van der Waals surface area contributed by atoms with Gasteiger partial charge in [-0.1, -0.05) is 26.7 Å². The van der Waals surface area contributed by atoms with Gasteiger partial charge in [-0.15, -0.1) is 0 Å². The van der Waals surface area contributed by atoms with Crippen molar-refractivity contribution in [1.29, 1.82) is 0 Å². The second kappa shape index (κ2) is 5.87. The van der Waals surface area contributed by atoms with Crippen LogP contribution >= 0.6 is 0 Å². The molecule has 0 radical (unpaired) electrons. The van der Waals surface area contributed by atoms with Gasteiger partial charge in [0, 0.05) is 11.1 Å². The molecule has 0 atom stereocenters. The van der Waals surface area contributed by atoms with Crippen LogP contribution in [0.4, 0.5) is 0 Å². The summed E-state index contributed by atoms with van der Waals surface area (Å²) >= 11 is 0. The van der Waals surface area contributed by atoms with Gasteiger partial charge in [0.15, 0.2) is 11.2 Å². The smallest absolute Gasteiger partial charge is 0.390 e. The third kappa shape index (κ3) is 2.38. The molecule has 0 N–H and O–H groups in total. The lowest BCUT2D eigenvalue weighted by atomic mass is 9.96. The predicted molar refractivity (Wildman–Crippen MR) is 80.3 cm³/mol. The molecule has 1 aromatic carbocycles. The van der Waals surface area contributed by atoms with Crippen LogP contribution < -0.4 is 11.6 Å². The highest BCUT2D eigenvalue weighted by atomic mass is 16.6. The molecule has 0 aliphatic heterocycles. The summed E-state index contributed by atoms with van der Waals surface area (Å²) < 4.78 is 20.5. The molecule has 22 heavy (non-hydrogen) atoms. The van der Waals surface area contributed by atoms with Crippen molar-refractivity contribution in [3.63, 3.8) is 0 Å². The van der Waals surface area contributed by atoms with E-state index in [9.17, 15) is 9.59 Å². The maximum atomic E-state index is 11.5. The van der Waals surface area contributed by atoms with Gasteiger partial charge in [0.05, 0.1) is 0 Å². The van der Waals surface area contributed by atoms with Crippen LogP contribution in [0.3, 0.4) is 0 Å². The van der Waals surface area contributed by atoms with Crippen LogP contribution in [0.5, 0.6) is 0 Å². The van der Waals surface area contributed by atoms with Crippen molar-refractivity contribution in [3.8, 4) is 0 Å². The molecule has 3 rings (SSSR count). The maximum absolute atomic E-state index is 11.5. The molecule has 118 valence electrons. The molecule has 0 aliphatic carbocycles. The van der Waals surface area contributed by atoms with Gasteiger partial charge >= 0.3 is 11.6 Å². The van der Waals surface area contributed by atoms with Crippen LogP contribution in [0.2, 0.25) is 0 Å². The van der Waals surface area contributed by atoms with Crippen molar-refractivity contribution in [2.45, 2.75) is 52.4 Å². The Hall–Kier alpha value is -2.24. The summed E-state index contributed by atoms with van der Waals surface area (Å²) in [6.45, 7) is 4.18. The van der Waals surface area contributed by atoms with E-state index in [2.05, 4.69) is 13.8 Å². The Bertz CT molecular complexity index is 829. The lowest BCUT2D eigenvalue weighted by Gasteiger charge is -2.08. The van der Waals surface area contributed by atoms with E-state index in [4.69, 9.17) is 17.7 Å². The van der Waals surface area contributed by atoms with Crippen LogP contribution in [0.1, 0.15) is 50.7 Å². The monoisotopic (exact) mass is 306 g/mol. The Balaban J connectivity index is 2.36. The number of hydrogen-bond donors (Lipinski definition) is 0. The lowest BCUT2D eigenvalue weighted by molar-refractivity contribution is 0.397. The lowest BCUT2D eigenvalue weighted by Crippen LogP contribution is -1.97. The summed E-state index contributed by atoms with van der Waals surface area (Å²) in [5.41, 5.74) is 2.85. The van der Waals surface area contributed by atoms with Crippen molar-refractivity contribution < 1.29 is 17.7 Å². The average molecular weight is 306 g/mol. The molecule has 0 bridgehead atoms. The molecule has 2 heterocycles. The first kappa shape index (κ1) is 14.7. The van der Waals surface area contributed by atoms with Crippen LogP contribution in [-0.2, 0) is 12.8 Å². The van der Waals surface area contributed by atoms with E-state index in [1.165, 1.54) is 0 Å². The first-order chi connectivity index (χ1) is 10.7. The summed E-state index contributed by atoms with van der Waals surface area (Å²) in [7, 11) is 0. The molecule has 2 aromatic heterocycles. The minimum Gasteiger partial charge on any atom is -0.390 e. The predicted octanol–water partition coefficient (Wildman–Crippen LogP) is 3.77. The molecule has 0 amide bonds. The number of fused-ring (bicyclic) bond motifs is 3. The molecule has 0 saturated carbocycles. The van der Waals surface area contributed by atoms with E-state index < -0.39 is 11.6 Å². The number of aryl methyl sites for hydroxylation is 2. The molecular weight excluding hydrogens is 288 g/mol. The van der Waals surface area contributed by atoms with E-state index >= 15 is 0 Å². The average Bonchev–Trinajstić information content (AvgIpc) is 3.05. The summed E-state index contributed by atoms with van der Waals surface area (Å²) in [6, 6.07) is 0. The van der Waals surface area contributed by atoms with Gasteiger partial charge in [0.2, 0.25) is 11.2 Å². The molecule has 6 nitrogen and oxygen atoms in total. The molecule has 0 aliphatic rings. The van der Waals surface area contributed by atoms with Crippen LogP contribution in [0, 0.1) is 0 Å². The van der Waals surface area contributed by atoms with E-state index in [-0.39, 0.29) is 11.2 Å². The zero-order chi connectivity index (χ0) is 15.7. The Kier molecular flexibility index (Phi) is 3.92. The van der Waals surface area contributed by atoms with Crippen LogP contribution in [0.15, 0.2) is 27.3 Å². The fourth-order valence-electron chi connectivity index (χ4n) is 2.77. The van der Waals surface area contributed by atoms with Crippen molar-refractivity contribution in [1.82, 2.24) is 0 Å². The molecule has 3 aromatic rings. The highest BCUT2D eigenvalue weighted by molar-refractivity contribution is 5.99. The number of benzene rings is 1. The molecule has 0 saturated heterocycles. The fourth-order valence-corrected chi connectivity index (χ4v) is 2.77. The van der Waals surface area contributed by atoms with Crippen LogP contribution in [-0.4, -0.2) is 0 Å². The Morgan fingerprint density at radius 1 is 0.636 bits per heavy atom. The van der Waals surface area contributed by atoms with Gasteiger partial charge in [0.1, 0.15) is 0 Å². The third-order valence-corrected chi connectivity index (χ3v) is 3.83. The summed E-state index contributed by atoms with van der Waals surface area (Å²) in [6.07, 6.45) is 5.36. The second-order valence-corrected chi connectivity index (χ2v) is 5.39. The first-order valence-electron chi connectivity index (χ1n) is 7.66. The summed E-state index contributed by atoms with van der Waals surface area (Å²) in [4.78, 5) is 23.0. The van der Waals surface area contributed by atoms with Crippen molar-refractivity contribution in [3.05, 3.63) is 32.4 Å². The zero-order valence-corrected chi connectivity index (χ0v) is 12.7. The molecular formula is C16H18O6. The van der Waals surface area contributed by atoms with Gasteiger partial charge < -0.3 is 17.7 Å². The minimum atomic E-state index is -0.800. The Morgan fingerprint density at radius 3 is 1.36 bits per heavy atom. The van der Waals surface area contributed by atoms with Crippen molar-refractivity contribution in [2.24, 2.45) is 0 Å². The number of rotatable bonds is 6. The quantitative estimate of drug-likeness (QED) is 0.689. The highest BCUT2D eigenvalue weighted by Crippen LogP contribution is 2.34. The molecule has 6 heteroatoms. The largest absolute Gasteiger partial charge is 0.519 e. The number of unbranched alkanes of at least 4 members (excludes halogenated alkanes) is 2. The van der Waals surface area contributed by atoms with E-state index in [1.54, 1.807) is 0 Å². The SMILES string of the molecule is CCCCc1c(CCCC)c2oc(=O)oc2c2oc(=O)oc12. The molecule has 0 unspecified atom stereocenters. The van der Waals surface area contributed by atoms with Gasteiger partial charge in [0.25, 0.3) is 0 Å². The normalized spacial score (nSPS) is 11.7. The number of hydrogen-bond acceptors (Lipinski definition) is 6. The standard InChI is InChI=1S/C16H18O6/c1-3-5-7-9-10(8-6-4-2)12-14(22-16(18)20-12)13-11(9)19-15(17)21-13/h3-8H2,1-2H3. The van der Waals surface area contributed by atoms with Gasteiger partial charge in [-0.25, -0.2) is 9.59 Å². The Labute approximate surface area is 125 Å². The second-order valence-electron chi connectivity index (χ2n) is 5.39. The van der Waals surface area contributed by atoms with Crippen molar-refractivity contribution in [2.75, 3.05) is 0 Å². The van der Waals surface area contributed by atoms with E-state index in [0.29, 0.717) is 11.2 Å². The summed E-state index contributed by atoms with van der Waals surface area (Å²) in [5, 5.41) is 0. The molecule has 0 spiro atoms. The van der Waals surface area contributed by atoms with Gasteiger partial charge in [-0.05, 0) is 25.7 Å². The minimum absolute atomic E-state index is 0.164. The zero-order valence-electron chi connectivity index (χ0n) is 12.7.